The van der Waals surface area contributed by atoms with Crippen molar-refractivity contribution in [3.8, 4) is 0 Å². The Balaban J connectivity index is 1.94. The van der Waals surface area contributed by atoms with Crippen LogP contribution in [0, 0.1) is 5.92 Å². The fraction of sp³-hybridized carbons (Fsp3) is 0.538. The topological polar surface area (TPSA) is 71.3 Å². The summed E-state index contributed by atoms with van der Waals surface area (Å²) in [4.78, 5) is 22.7. The molecule has 0 saturated heterocycles. The molecule has 104 valence electrons. The van der Waals surface area contributed by atoms with E-state index in [1.807, 2.05) is 17.7 Å². The van der Waals surface area contributed by atoms with Gasteiger partial charge in [0.15, 0.2) is 0 Å². The van der Waals surface area contributed by atoms with Crippen molar-refractivity contribution < 1.29 is 14.7 Å². The lowest BCUT2D eigenvalue weighted by molar-refractivity contribution is -0.137. The molecule has 1 atom stereocenters. The smallest absolute Gasteiger partial charge is 0.303 e. The lowest BCUT2D eigenvalue weighted by Gasteiger charge is -2.11. The van der Waals surface area contributed by atoms with Crippen LogP contribution in [0.5, 0.6) is 0 Å². The standard InChI is InChI=1S/C13H17BrN2O3/c1-8(4-12(17)18)6-15-13(19)11-5-9(14)7-16(11)10-2-3-10/h5,7-8,10H,2-4,6H2,1H3,(H,15,19)(H,17,18). The molecule has 5 nitrogen and oxygen atoms in total. The zero-order valence-corrected chi connectivity index (χ0v) is 12.3. The molecule has 1 amide bonds. The number of carboxylic acid groups (broad SMARTS) is 1. The first-order valence-corrected chi connectivity index (χ1v) is 7.14. The number of carbonyl (C=O) groups excluding carboxylic acids is 1. The van der Waals surface area contributed by atoms with Crippen molar-refractivity contribution in [2.24, 2.45) is 5.92 Å². The summed E-state index contributed by atoms with van der Waals surface area (Å²) < 4.78 is 2.88. The molecule has 0 spiro atoms. The van der Waals surface area contributed by atoms with Crippen molar-refractivity contribution in [1.29, 1.82) is 0 Å². The lowest BCUT2D eigenvalue weighted by Crippen LogP contribution is -2.30. The van der Waals surface area contributed by atoms with Gasteiger partial charge in [-0.05, 0) is 40.8 Å². The van der Waals surface area contributed by atoms with E-state index in [2.05, 4.69) is 21.2 Å². The Morgan fingerprint density at radius 1 is 1.58 bits per heavy atom. The first kappa shape index (κ1) is 14.1. The van der Waals surface area contributed by atoms with Crippen LogP contribution >= 0.6 is 15.9 Å². The summed E-state index contributed by atoms with van der Waals surface area (Å²) in [6.07, 6.45) is 4.20. The molecule has 2 N–H and O–H groups in total. The van der Waals surface area contributed by atoms with Crippen LogP contribution in [0.4, 0.5) is 0 Å². The van der Waals surface area contributed by atoms with Gasteiger partial charge in [-0.25, -0.2) is 0 Å². The van der Waals surface area contributed by atoms with Crippen LogP contribution in [0.3, 0.4) is 0 Å². The summed E-state index contributed by atoms with van der Waals surface area (Å²) in [5, 5.41) is 11.5. The molecule has 1 heterocycles. The normalized spacial score (nSPS) is 16.1. The monoisotopic (exact) mass is 328 g/mol. The third-order valence-electron chi connectivity index (χ3n) is 3.12. The number of carbonyl (C=O) groups is 2. The zero-order valence-electron chi connectivity index (χ0n) is 10.7. The molecule has 1 saturated carbocycles. The van der Waals surface area contributed by atoms with Gasteiger partial charge in [0, 0.05) is 29.7 Å². The molecule has 0 bridgehead atoms. The number of hydrogen-bond acceptors (Lipinski definition) is 2. The molecule has 1 unspecified atom stereocenters. The van der Waals surface area contributed by atoms with E-state index >= 15 is 0 Å². The summed E-state index contributed by atoms with van der Waals surface area (Å²) in [7, 11) is 0. The van der Waals surface area contributed by atoms with Gasteiger partial charge in [0.25, 0.3) is 5.91 Å². The van der Waals surface area contributed by atoms with Crippen molar-refractivity contribution in [2.75, 3.05) is 6.54 Å². The van der Waals surface area contributed by atoms with Gasteiger partial charge in [-0.2, -0.15) is 0 Å². The second-order valence-corrected chi connectivity index (χ2v) is 6.01. The number of hydrogen-bond donors (Lipinski definition) is 2. The molecule has 0 aromatic carbocycles. The summed E-state index contributed by atoms with van der Waals surface area (Å²) in [6.45, 7) is 2.18. The largest absolute Gasteiger partial charge is 0.481 e. The molecule has 0 radical (unpaired) electrons. The van der Waals surface area contributed by atoms with E-state index in [1.54, 1.807) is 6.07 Å². The molecular weight excluding hydrogens is 312 g/mol. The van der Waals surface area contributed by atoms with Crippen LogP contribution in [-0.2, 0) is 4.79 Å². The molecule has 2 rings (SSSR count). The number of amides is 1. The number of nitrogens with zero attached hydrogens (tertiary/aromatic N) is 1. The van der Waals surface area contributed by atoms with Crippen LogP contribution in [0.2, 0.25) is 0 Å². The molecule has 1 fully saturated rings. The fourth-order valence-corrected chi connectivity index (χ4v) is 2.45. The SMILES string of the molecule is CC(CNC(=O)c1cc(Br)cn1C1CC1)CC(=O)O. The molecule has 1 aliphatic rings. The van der Waals surface area contributed by atoms with Crippen LogP contribution in [0.25, 0.3) is 0 Å². The van der Waals surface area contributed by atoms with Gasteiger partial charge in [-0.15, -0.1) is 0 Å². The van der Waals surface area contributed by atoms with Gasteiger partial charge < -0.3 is 15.0 Å². The maximum absolute atomic E-state index is 12.1. The van der Waals surface area contributed by atoms with Crippen molar-refractivity contribution in [1.82, 2.24) is 9.88 Å². The van der Waals surface area contributed by atoms with Crippen molar-refractivity contribution >= 4 is 27.8 Å². The van der Waals surface area contributed by atoms with Gasteiger partial charge in [-0.3, -0.25) is 9.59 Å². The predicted octanol–water partition coefficient (Wildman–Crippen LogP) is 2.43. The molecule has 0 aliphatic heterocycles. The van der Waals surface area contributed by atoms with E-state index in [4.69, 9.17) is 5.11 Å². The van der Waals surface area contributed by atoms with Crippen molar-refractivity contribution in [3.05, 3.63) is 22.4 Å². The third-order valence-corrected chi connectivity index (χ3v) is 3.56. The molecule has 19 heavy (non-hydrogen) atoms. The second-order valence-electron chi connectivity index (χ2n) is 5.10. The van der Waals surface area contributed by atoms with Crippen LogP contribution in [-0.4, -0.2) is 28.1 Å². The average Bonchev–Trinajstić information content (AvgIpc) is 3.08. The first-order chi connectivity index (χ1) is 8.97. The second kappa shape index (κ2) is 5.77. The van der Waals surface area contributed by atoms with Crippen molar-refractivity contribution in [2.45, 2.75) is 32.2 Å². The maximum atomic E-state index is 12.1. The molecule has 1 aromatic heterocycles. The van der Waals surface area contributed by atoms with E-state index < -0.39 is 5.97 Å². The number of halogens is 1. The first-order valence-electron chi connectivity index (χ1n) is 6.34. The number of nitrogens with one attached hydrogen (secondary N) is 1. The van der Waals surface area contributed by atoms with E-state index in [0.29, 0.717) is 18.3 Å². The van der Waals surface area contributed by atoms with Gasteiger partial charge in [-0.1, -0.05) is 6.92 Å². The Kier molecular flexibility index (Phi) is 4.29. The highest BCUT2D eigenvalue weighted by molar-refractivity contribution is 9.10. The summed E-state index contributed by atoms with van der Waals surface area (Å²) >= 11 is 3.38. The number of aliphatic carboxylic acids is 1. The Hall–Kier alpha value is -1.30. The highest BCUT2D eigenvalue weighted by Crippen LogP contribution is 2.37. The number of carboxylic acids is 1. The highest BCUT2D eigenvalue weighted by Gasteiger charge is 2.27. The minimum absolute atomic E-state index is 0.0631. The minimum Gasteiger partial charge on any atom is -0.481 e. The maximum Gasteiger partial charge on any atom is 0.303 e. The third kappa shape index (κ3) is 3.83. The fourth-order valence-electron chi connectivity index (χ4n) is 2.01. The van der Waals surface area contributed by atoms with Crippen LogP contribution < -0.4 is 5.32 Å². The predicted molar refractivity (Wildman–Crippen MR) is 74.2 cm³/mol. The van der Waals surface area contributed by atoms with Crippen LogP contribution in [0.1, 0.15) is 42.7 Å². The van der Waals surface area contributed by atoms with E-state index in [-0.39, 0.29) is 18.2 Å². The lowest BCUT2D eigenvalue weighted by atomic mass is 10.1. The Bertz CT molecular complexity index is 494. The molecular formula is C13H17BrN2O3. The van der Waals surface area contributed by atoms with Gasteiger partial charge in [0.1, 0.15) is 5.69 Å². The van der Waals surface area contributed by atoms with Gasteiger partial charge in [0.05, 0.1) is 0 Å². The van der Waals surface area contributed by atoms with E-state index in [9.17, 15) is 9.59 Å². The Morgan fingerprint density at radius 2 is 2.26 bits per heavy atom. The summed E-state index contributed by atoms with van der Waals surface area (Å²) in [5.74, 6) is -1.06. The van der Waals surface area contributed by atoms with Crippen molar-refractivity contribution in [3.63, 3.8) is 0 Å². The highest BCUT2D eigenvalue weighted by atomic mass is 79.9. The average molecular weight is 329 g/mol. The Labute approximate surface area is 120 Å². The van der Waals surface area contributed by atoms with Gasteiger partial charge >= 0.3 is 5.97 Å². The number of aromatic nitrogens is 1. The van der Waals surface area contributed by atoms with E-state index in [0.717, 1.165) is 17.3 Å². The van der Waals surface area contributed by atoms with Crippen LogP contribution in [0.15, 0.2) is 16.7 Å². The summed E-state index contributed by atoms with van der Waals surface area (Å²) in [5.41, 5.74) is 0.636. The number of rotatable bonds is 6. The molecule has 1 aromatic rings. The molecule has 6 heteroatoms. The Morgan fingerprint density at radius 3 is 2.84 bits per heavy atom. The minimum atomic E-state index is -0.842. The quantitative estimate of drug-likeness (QED) is 0.842. The van der Waals surface area contributed by atoms with Gasteiger partial charge in [0.2, 0.25) is 0 Å². The zero-order chi connectivity index (χ0) is 14.0. The molecule has 1 aliphatic carbocycles. The van der Waals surface area contributed by atoms with E-state index in [1.165, 1.54) is 0 Å². The summed E-state index contributed by atoms with van der Waals surface area (Å²) in [6, 6.07) is 2.23.